The summed E-state index contributed by atoms with van der Waals surface area (Å²) in [7, 11) is -0.358. The zero-order valence-electron chi connectivity index (χ0n) is 20.1. The predicted molar refractivity (Wildman–Crippen MR) is 137 cm³/mol. The zero-order valence-corrected chi connectivity index (χ0v) is 20.9. The van der Waals surface area contributed by atoms with Crippen molar-refractivity contribution in [3.05, 3.63) is 83.4 Å². The number of rotatable bonds is 12. The van der Waals surface area contributed by atoms with Crippen LogP contribution in [-0.4, -0.2) is 51.8 Å². The average molecular weight is 501 g/mol. The van der Waals surface area contributed by atoms with Crippen LogP contribution in [0.2, 0.25) is 0 Å². The Labute approximate surface area is 206 Å². The first-order valence-corrected chi connectivity index (χ1v) is 13.0. The minimum absolute atomic E-state index is 0.0810. The number of sulfonamides is 1. The van der Waals surface area contributed by atoms with Gasteiger partial charge in [-0.15, -0.1) is 0 Å². The second-order valence-electron chi connectivity index (χ2n) is 8.35. The highest BCUT2D eigenvalue weighted by molar-refractivity contribution is 7.92. The molecule has 3 aromatic rings. The monoisotopic (exact) mass is 500 g/mol. The minimum atomic E-state index is -3.54. The van der Waals surface area contributed by atoms with Gasteiger partial charge in [0.1, 0.15) is 5.75 Å². The maximum absolute atomic E-state index is 11.5. The smallest absolute Gasteiger partial charge is 0.229 e. The molecule has 9 heteroatoms. The second kappa shape index (κ2) is 11.9. The molecule has 0 bridgehead atoms. The quantitative estimate of drug-likeness (QED) is 0.282. The molecule has 0 amide bonds. The van der Waals surface area contributed by atoms with Gasteiger partial charge in [-0.05, 0) is 53.8 Å². The summed E-state index contributed by atoms with van der Waals surface area (Å²) >= 11 is 0. The number of anilines is 1. The Kier molecular flexibility index (Phi) is 8.97. The molecule has 3 rings (SSSR count). The number of phenols is 1. The summed E-state index contributed by atoms with van der Waals surface area (Å²) in [5.74, 6) is 1.09. The summed E-state index contributed by atoms with van der Waals surface area (Å²) in [6, 6.07) is 20.3. The number of hydrogen-bond acceptors (Lipinski definition) is 7. The highest BCUT2D eigenvalue weighted by Gasteiger charge is 2.17. The molecule has 0 aliphatic heterocycles. The van der Waals surface area contributed by atoms with Crippen molar-refractivity contribution in [1.82, 2.24) is 5.32 Å². The van der Waals surface area contributed by atoms with Crippen LogP contribution in [0.1, 0.15) is 22.7 Å². The fourth-order valence-electron chi connectivity index (χ4n) is 3.84. The lowest BCUT2D eigenvalue weighted by Crippen LogP contribution is -2.32. The molecule has 1 unspecified atom stereocenters. The molecule has 0 aromatic heterocycles. The van der Waals surface area contributed by atoms with E-state index in [0.29, 0.717) is 30.0 Å². The molecule has 8 nitrogen and oxygen atoms in total. The number of hydrogen-bond donors (Lipinski definition) is 4. The van der Waals surface area contributed by atoms with E-state index in [0.717, 1.165) is 17.4 Å². The Morgan fingerprint density at radius 3 is 2.26 bits per heavy atom. The summed E-state index contributed by atoms with van der Waals surface area (Å²) in [6.07, 6.45) is 1.24. The first-order valence-electron chi connectivity index (χ1n) is 11.2. The van der Waals surface area contributed by atoms with Crippen LogP contribution in [0.3, 0.4) is 0 Å². The number of aliphatic hydroxyl groups excluding tert-OH is 1. The molecular weight excluding hydrogens is 468 g/mol. The molecule has 0 fully saturated rings. The van der Waals surface area contributed by atoms with Gasteiger partial charge in [0.15, 0.2) is 11.5 Å². The Morgan fingerprint density at radius 1 is 0.886 bits per heavy atom. The molecule has 35 heavy (non-hydrogen) atoms. The van der Waals surface area contributed by atoms with Gasteiger partial charge in [-0.3, -0.25) is 4.72 Å². The Hall–Kier alpha value is -3.27. The Balaban J connectivity index is 1.74. The molecule has 2 atom stereocenters. The highest BCUT2D eigenvalue weighted by atomic mass is 32.2. The van der Waals surface area contributed by atoms with Crippen molar-refractivity contribution in [2.24, 2.45) is 0 Å². The van der Waals surface area contributed by atoms with Crippen molar-refractivity contribution in [3.63, 3.8) is 0 Å². The van der Waals surface area contributed by atoms with Crippen molar-refractivity contribution in [3.8, 4) is 17.2 Å². The number of aliphatic hydroxyl groups is 1. The highest BCUT2D eigenvalue weighted by Crippen LogP contribution is 2.31. The van der Waals surface area contributed by atoms with E-state index in [9.17, 15) is 18.6 Å². The van der Waals surface area contributed by atoms with E-state index in [4.69, 9.17) is 9.47 Å². The molecule has 0 heterocycles. The van der Waals surface area contributed by atoms with E-state index in [1.165, 1.54) is 12.1 Å². The number of methoxy groups -OCH3 is 2. The third-order valence-corrected chi connectivity index (χ3v) is 6.11. The molecule has 3 aromatic carbocycles. The summed E-state index contributed by atoms with van der Waals surface area (Å²) in [5, 5.41) is 24.1. The first kappa shape index (κ1) is 26.3. The summed E-state index contributed by atoms with van der Waals surface area (Å²) < 4.78 is 36.2. The van der Waals surface area contributed by atoms with E-state index < -0.39 is 16.1 Å². The van der Waals surface area contributed by atoms with Gasteiger partial charge in [0.05, 0.1) is 32.3 Å². The minimum Gasteiger partial charge on any atom is -0.506 e. The maximum atomic E-state index is 11.5. The van der Waals surface area contributed by atoms with Crippen molar-refractivity contribution >= 4 is 15.7 Å². The first-order chi connectivity index (χ1) is 16.7. The van der Waals surface area contributed by atoms with Crippen molar-refractivity contribution in [2.75, 3.05) is 31.7 Å². The number of nitrogens with one attached hydrogen (secondary N) is 2. The van der Waals surface area contributed by atoms with Gasteiger partial charge < -0.3 is 25.0 Å². The number of aromatic hydroxyl groups is 1. The van der Waals surface area contributed by atoms with E-state index in [1.54, 1.807) is 20.3 Å². The van der Waals surface area contributed by atoms with Crippen LogP contribution in [0.15, 0.2) is 66.7 Å². The maximum Gasteiger partial charge on any atom is 0.229 e. The van der Waals surface area contributed by atoms with Gasteiger partial charge >= 0.3 is 0 Å². The lowest BCUT2D eigenvalue weighted by molar-refractivity contribution is 0.167. The van der Waals surface area contributed by atoms with Gasteiger partial charge in [0.25, 0.3) is 0 Å². The molecule has 4 N–H and O–H groups in total. The van der Waals surface area contributed by atoms with Crippen molar-refractivity contribution in [2.45, 2.75) is 25.0 Å². The normalized spacial score (nSPS) is 13.1. The van der Waals surface area contributed by atoms with Crippen LogP contribution in [0.25, 0.3) is 0 Å². The third-order valence-electron chi connectivity index (χ3n) is 5.52. The lowest BCUT2D eigenvalue weighted by Gasteiger charge is -2.23. The van der Waals surface area contributed by atoms with Crippen molar-refractivity contribution in [1.29, 1.82) is 0 Å². The molecular formula is C26H32N2O6S. The predicted octanol–water partition coefficient (Wildman–Crippen LogP) is 3.26. The zero-order chi connectivity index (χ0) is 25.4. The van der Waals surface area contributed by atoms with Crippen LogP contribution in [0, 0.1) is 0 Å². The molecule has 0 aliphatic carbocycles. The average Bonchev–Trinajstić information content (AvgIpc) is 2.83. The van der Waals surface area contributed by atoms with Gasteiger partial charge in [0.2, 0.25) is 10.0 Å². The number of ether oxygens (including phenoxy) is 2. The molecule has 0 radical (unpaired) electrons. The molecule has 0 spiro atoms. The van der Waals surface area contributed by atoms with E-state index >= 15 is 0 Å². The summed E-state index contributed by atoms with van der Waals surface area (Å²) in [6.45, 7) is 0.293. The van der Waals surface area contributed by atoms with Gasteiger partial charge in [0, 0.05) is 12.6 Å². The third kappa shape index (κ3) is 7.88. The van der Waals surface area contributed by atoms with Gasteiger partial charge in [-0.2, -0.15) is 0 Å². The molecule has 0 saturated heterocycles. The topological polar surface area (TPSA) is 117 Å². The summed E-state index contributed by atoms with van der Waals surface area (Å²) in [4.78, 5) is 0. The van der Waals surface area contributed by atoms with Gasteiger partial charge in [-0.1, -0.05) is 42.5 Å². The van der Waals surface area contributed by atoms with Crippen LogP contribution >= 0.6 is 0 Å². The summed E-state index contributed by atoms with van der Waals surface area (Å²) in [5.41, 5.74) is 2.90. The van der Waals surface area contributed by atoms with E-state index in [1.807, 2.05) is 36.4 Å². The van der Waals surface area contributed by atoms with Crippen molar-refractivity contribution < 1.29 is 28.1 Å². The number of phenolic OH excluding ortho intramolecular Hbond substituents is 1. The second-order valence-corrected chi connectivity index (χ2v) is 10.1. The SMILES string of the molecule is COc1ccc(C(Cc2ccccc2)NC[C@@H](O)Cc2ccc(O)c(NS(C)(=O)=O)c2)cc1OC. The van der Waals surface area contributed by atoms with E-state index in [-0.39, 0.29) is 23.9 Å². The fourth-order valence-corrected chi connectivity index (χ4v) is 4.40. The molecule has 0 saturated carbocycles. The van der Waals surface area contributed by atoms with Crippen LogP contribution in [0.5, 0.6) is 17.2 Å². The molecule has 0 aliphatic rings. The number of benzene rings is 3. The van der Waals surface area contributed by atoms with E-state index in [2.05, 4.69) is 22.2 Å². The fraction of sp³-hybridized carbons (Fsp3) is 0.308. The molecule has 188 valence electrons. The Bertz CT molecular complexity index is 1220. The Morgan fingerprint density at radius 2 is 1.60 bits per heavy atom. The lowest BCUT2D eigenvalue weighted by atomic mass is 9.97. The largest absolute Gasteiger partial charge is 0.506 e. The van der Waals surface area contributed by atoms with Gasteiger partial charge in [-0.25, -0.2) is 8.42 Å². The van der Waals surface area contributed by atoms with Crippen LogP contribution in [-0.2, 0) is 22.9 Å². The van der Waals surface area contributed by atoms with Crippen LogP contribution < -0.4 is 19.5 Å². The standard InChI is InChI=1S/C26H32N2O6S/c1-33-25-12-10-20(16-26(25)34-2)22(14-18-7-5-4-6-8-18)27-17-21(29)13-19-9-11-24(30)23(15-19)28-35(3,31)32/h4-12,15-16,21-22,27-30H,13-14,17H2,1-3H3/t21-,22?/m0/s1. The van der Waals surface area contributed by atoms with Crippen LogP contribution in [0.4, 0.5) is 5.69 Å².